The van der Waals surface area contributed by atoms with Gasteiger partial charge in [-0.05, 0) is 26.3 Å². The molecule has 0 rings (SSSR count). The highest BCUT2D eigenvalue weighted by Crippen LogP contribution is 1.99. The van der Waals surface area contributed by atoms with Crippen LogP contribution in [0.15, 0.2) is 12.2 Å². The molecule has 0 heterocycles. The molecular formula is C10H19NO2. The Morgan fingerprint density at radius 1 is 1.54 bits per heavy atom. The second-order valence-corrected chi connectivity index (χ2v) is 3.72. The van der Waals surface area contributed by atoms with Gasteiger partial charge in [0.15, 0.2) is 0 Å². The quantitative estimate of drug-likeness (QED) is 0.633. The van der Waals surface area contributed by atoms with Crippen molar-refractivity contribution < 1.29 is 9.90 Å². The third kappa shape index (κ3) is 6.34. The van der Waals surface area contributed by atoms with Crippen LogP contribution in [0.2, 0.25) is 0 Å². The summed E-state index contributed by atoms with van der Waals surface area (Å²) in [5.74, 6) is -0.146. The average molecular weight is 185 g/mol. The summed E-state index contributed by atoms with van der Waals surface area (Å²) >= 11 is 0. The first-order valence-corrected chi connectivity index (χ1v) is 4.61. The summed E-state index contributed by atoms with van der Waals surface area (Å²) in [6.45, 7) is 5.55. The number of nitrogens with one attached hydrogen (secondary N) is 1. The van der Waals surface area contributed by atoms with Crippen LogP contribution in [-0.4, -0.2) is 23.2 Å². The zero-order chi connectivity index (χ0) is 10.3. The molecule has 3 nitrogen and oxygen atoms in total. The van der Waals surface area contributed by atoms with E-state index < -0.39 is 5.54 Å². The molecule has 0 aromatic rings. The summed E-state index contributed by atoms with van der Waals surface area (Å²) < 4.78 is 0. The first kappa shape index (κ1) is 12.2. The van der Waals surface area contributed by atoms with E-state index in [4.69, 9.17) is 5.11 Å². The Labute approximate surface area is 79.8 Å². The number of rotatable bonds is 5. The first-order valence-electron chi connectivity index (χ1n) is 4.61. The van der Waals surface area contributed by atoms with Gasteiger partial charge >= 0.3 is 0 Å². The first-order chi connectivity index (χ1) is 6.02. The lowest BCUT2D eigenvalue weighted by Gasteiger charge is -2.22. The normalized spacial score (nSPS) is 12.0. The fourth-order valence-corrected chi connectivity index (χ4v) is 0.772. The Kier molecular flexibility index (Phi) is 5.39. The lowest BCUT2D eigenvalue weighted by molar-refractivity contribution is -0.118. The summed E-state index contributed by atoms with van der Waals surface area (Å²) in [7, 11) is 0. The van der Waals surface area contributed by atoms with E-state index in [1.807, 2.05) is 6.08 Å². The van der Waals surface area contributed by atoms with Crippen molar-refractivity contribution in [3.05, 3.63) is 12.2 Å². The topological polar surface area (TPSA) is 49.3 Å². The molecule has 3 heteroatoms. The fourth-order valence-electron chi connectivity index (χ4n) is 0.772. The molecule has 0 saturated heterocycles. The fraction of sp³-hybridized carbons (Fsp3) is 0.700. The number of carbonyl (C=O) groups excluding carboxylic acids is 1. The highest BCUT2D eigenvalue weighted by molar-refractivity contribution is 5.87. The molecule has 0 fully saturated rings. The maximum absolute atomic E-state index is 11.2. The van der Waals surface area contributed by atoms with Gasteiger partial charge in [-0.1, -0.05) is 19.4 Å². The SMILES string of the molecule is CCC/C=C/C(=O)NC(C)(C)CO. The van der Waals surface area contributed by atoms with Crippen LogP contribution in [0, 0.1) is 0 Å². The third-order valence-corrected chi connectivity index (χ3v) is 1.58. The molecule has 0 aromatic heterocycles. The Balaban J connectivity index is 3.87. The van der Waals surface area contributed by atoms with Crippen LogP contribution in [0.3, 0.4) is 0 Å². The van der Waals surface area contributed by atoms with Crippen molar-refractivity contribution in [3.8, 4) is 0 Å². The maximum atomic E-state index is 11.2. The van der Waals surface area contributed by atoms with Crippen molar-refractivity contribution in [1.82, 2.24) is 5.32 Å². The van der Waals surface area contributed by atoms with Crippen LogP contribution in [0.4, 0.5) is 0 Å². The standard InChI is InChI=1S/C10H19NO2/c1-4-5-6-7-9(13)11-10(2,3)8-12/h6-7,12H,4-5,8H2,1-3H3,(H,11,13)/b7-6+. The van der Waals surface area contributed by atoms with Gasteiger partial charge in [0.05, 0.1) is 12.1 Å². The monoisotopic (exact) mass is 185 g/mol. The molecule has 0 atom stereocenters. The van der Waals surface area contributed by atoms with Gasteiger partial charge in [0.2, 0.25) is 5.91 Å². The van der Waals surface area contributed by atoms with Crippen molar-refractivity contribution in [2.75, 3.05) is 6.61 Å². The molecular weight excluding hydrogens is 166 g/mol. The van der Waals surface area contributed by atoms with Gasteiger partial charge < -0.3 is 10.4 Å². The van der Waals surface area contributed by atoms with Crippen LogP contribution in [0.25, 0.3) is 0 Å². The zero-order valence-electron chi connectivity index (χ0n) is 8.63. The summed E-state index contributed by atoms with van der Waals surface area (Å²) in [6.07, 6.45) is 5.30. The molecule has 0 aliphatic rings. The van der Waals surface area contributed by atoms with Crippen molar-refractivity contribution in [3.63, 3.8) is 0 Å². The van der Waals surface area contributed by atoms with Gasteiger partial charge in [0, 0.05) is 0 Å². The summed E-state index contributed by atoms with van der Waals surface area (Å²) in [5.41, 5.74) is -0.534. The van der Waals surface area contributed by atoms with Gasteiger partial charge in [0.25, 0.3) is 0 Å². The van der Waals surface area contributed by atoms with Crippen molar-refractivity contribution in [2.24, 2.45) is 0 Å². The lowest BCUT2D eigenvalue weighted by Crippen LogP contribution is -2.45. The Morgan fingerprint density at radius 2 is 2.15 bits per heavy atom. The molecule has 0 aromatic carbocycles. The zero-order valence-corrected chi connectivity index (χ0v) is 8.63. The van der Waals surface area contributed by atoms with Crippen molar-refractivity contribution in [1.29, 1.82) is 0 Å². The van der Waals surface area contributed by atoms with Crippen LogP contribution >= 0.6 is 0 Å². The molecule has 2 N–H and O–H groups in total. The Hall–Kier alpha value is -0.830. The number of hydrogen-bond acceptors (Lipinski definition) is 2. The van der Waals surface area contributed by atoms with Gasteiger partial charge in [-0.3, -0.25) is 4.79 Å². The van der Waals surface area contributed by atoms with Crippen LogP contribution in [0.1, 0.15) is 33.6 Å². The van der Waals surface area contributed by atoms with Gasteiger partial charge in [-0.2, -0.15) is 0 Å². The van der Waals surface area contributed by atoms with Crippen LogP contribution < -0.4 is 5.32 Å². The molecule has 0 aliphatic heterocycles. The Bertz CT molecular complexity index is 185. The average Bonchev–Trinajstić information content (AvgIpc) is 2.04. The predicted octanol–water partition coefficient (Wildman–Crippen LogP) is 1.23. The van der Waals surface area contributed by atoms with E-state index in [9.17, 15) is 4.79 Å². The Morgan fingerprint density at radius 3 is 2.62 bits per heavy atom. The number of hydrogen-bond donors (Lipinski definition) is 2. The molecule has 76 valence electrons. The van der Waals surface area contributed by atoms with Gasteiger partial charge in [-0.25, -0.2) is 0 Å². The third-order valence-electron chi connectivity index (χ3n) is 1.58. The molecule has 0 radical (unpaired) electrons. The molecule has 0 aliphatic carbocycles. The molecule has 1 amide bonds. The van der Waals surface area contributed by atoms with Crippen molar-refractivity contribution >= 4 is 5.91 Å². The smallest absolute Gasteiger partial charge is 0.244 e. The van der Waals surface area contributed by atoms with E-state index in [1.54, 1.807) is 13.8 Å². The molecule has 0 bridgehead atoms. The molecule has 0 saturated carbocycles. The van der Waals surface area contributed by atoms with E-state index in [0.29, 0.717) is 0 Å². The number of amides is 1. The van der Waals surface area contributed by atoms with E-state index in [0.717, 1.165) is 12.8 Å². The summed E-state index contributed by atoms with van der Waals surface area (Å²) in [5, 5.41) is 11.6. The minimum Gasteiger partial charge on any atom is -0.394 e. The van der Waals surface area contributed by atoms with Gasteiger partial charge in [-0.15, -0.1) is 0 Å². The summed E-state index contributed by atoms with van der Waals surface area (Å²) in [6, 6.07) is 0. The highest BCUT2D eigenvalue weighted by Gasteiger charge is 2.16. The largest absolute Gasteiger partial charge is 0.394 e. The van der Waals surface area contributed by atoms with E-state index in [-0.39, 0.29) is 12.5 Å². The molecule has 0 unspecified atom stereocenters. The minimum atomic E-state index is -0.534. The summed E-state index contributed by atoms with van der Waals surface area (Å²) in [4.78, 5) is 11.2. The van der Waals surface area contributed by atoms with Crippen LogP contribution in [0.5, 0.6) is 0 Å². The lowest BCUT2D eigenvalue weighted by atomic mass is 10.1. The number of aliphatic hydroxyl groups is 1. The molecule has 0 spiro atoms. The van der Waals surface area contributed by atoms with Crippen LogP contribution in [-0.2, 0) is 4.79 Å². The highest BCUT2D eigenvalue weighted by atomic mass is 16.3. The minimum absolute atomic E-state index is 0.0552. The maximum Gasteiger partial charge on any atom is 0.244 e. The predicted molar refractivity (Wildman–Crippen MR) is 53.4 cm³/mol. The van der Waals surface area contributed by atoms with Gasteiger partial charge in [0.1, 0.15) is 0 Å². The van der Waals surface area contributed by atoms with E-state index in [2.05, 4.69) is 12.2 Å². The second-order valence-electron chi connectivity index (χ2n) is 3.72. The van der Waals surface area contributed by atoms with E-state index in [1.165, 1.54) is 6.08 Å². The molecule has 13 heavy (non-hydrogen) atoms. The van der Waals surface area contributed by atoms with E-state index >= 15 is 0 Å². The number of carbonyl (C=O) groups is 1. The number of aliphatic hydroxyl groups excluding tert-OH is 1. The van der Waals surface area contributed by atoms with Crippen molar-refractivity contribution in [2.45, 2.75) is 39.2 Å². The number of allylic oxidation sites excluding steroid dienone is 1. The number of unbranched alkanes of at least 4 members (excludes halogenated alkanes) is 1. The second kappa shape index (κ2) is 5.75.